The summed E-state index contributed by atoms with van der Waals surface area (Å²) in [6, 6.07) is 20.0. The lowest BCUT2D eigenvalue weighted by molar-refractivity contribution is -0.121. The molecule has 2 amide bonds. The molecule has 1 aliphatic rings. The Hall–Kier alpha value is -4.41. The van der Waals surface area contributed by atoms with E-state index < -0.39 is 0 Å². The van der Waals surface area contributed by atoms with Crippen LogP contribution >= 0.6 is 11.6 Å². The molecule has 1 fully saturated rings. The molecule has 3 aromatic carbocycles. The van der Waals surface area contributed by atoms with Crippen molar-refractivity contribution in [3.63, 3.8) is 0 Å². The molecule has 11 heteroatoms. The van der Waals surface area contributed by atoms with Crippen molar-refractivity contribution in [2.45, 2.75) is 25.8 Å². The van der Waals surface area contributed by atoms with E-state index >= 15 is 0 Å². The smallest absolute Gasteiger partial charge is 0.253 e. The molecule has 2 N–H and O–H groups in total. The highest BCUT2D eigenvalue weighted by molar-refractivity contribution is 6.30. The molecule has 2 heterocycles. The number of ether oxygens (including phenoxy) is 2. The van der Waals surface area contributed by atoms with E-state index in [1.165, 1.54) is 0 Å². The van der Waals surface area contributed by atoms with Crippen LogP contribution in [0, 0.1) is 5.92 Å². The summed E-state index contributed by atoms with van der Waals surface area (Å²) in [4.78, 5) is 32.9. The van der Waals surface area contributed by atoms with Crippen LogP contribution in [-0.4, -0.2) is 60.7 Å². The molecule has 0 aliphatic carbocycles. The summed E-state index contributed by atoms with van der Waals surface area (Å²) in [5.74, 6) is 1.84. The van der Waals surface area contributed by atoms with E-state index in [4.69, 9.17) is 25.6 Å². The zero-order valence-electron chi connectivity index (χ0n) is 24.1. The fraction of sp³-hybridized carbons (Fsp3) is 0.312. The zero-order chi connectivity index (χ0) is 30.2. The van der Waals surface area contributed by atoms with Crippen molar-refractivity contribution in [1.29, 1.82) is 0 Å². The van der Waals surface area contributed by atoms with Gasteiger partial charge in [0.2, 0.25) is 17.6 Å². The highest BCUT2D eigenvalue weighted by Crippen LogP contribution is 2.28. The monoisotopic (exact) mass is 603 g/mol. The Kier molecular flexibility index (Phi) is 9.91. The van der Waals surface area contributed by atoms with Gasteiger partial charge in [0, 0.05) is 23.0 Å². The number of rotatable bonds is 11. The van der Waals surface area contributed by atoms with Gasteiger partial charge >= 0.3 is 0 Å². The number of hydrogen-bond donors (Lipinski definition) is 2. The second kappa shape index (κ2) is 14.2. The Bertz CT molecular complexity index is 1550. The van der Waals surface area contributed by atoms with Gasteiger partial charge in [0.25, 0.3) is 5.91 Å². The molecular formula is C32H34ClN5O5. The van der Waals surface area contributed by atoms with Crippen molar-refractivity contribution in [1.82, 2.24) is 20.4 Å². The van der Waals surface area contributed by atoms with Crippen LogP contribution in [0.4, 0.5) is 5.69 Å². The maximum Gasteiger partial charge on any atom is 0.253 e. The van der Waals surface area contributed by atoms with Gasteiger partial charge in [0.05, 0.1) is 32.0 Å². The Labute approximate surface area is 255 Å². The summed E-state index contributed by atoms with van der Waals surface area (Å²) < 4.78 is 16.1. The van der Waals surface area contributed by atoms with E-state index in [-0.39, 0.29) is 17.7 Å². The number of carbonyl (C=O) groups excluding carboxylic acids is 2. The number of nitrogens with one attached hydrogen (secondary N) is 2. The third-order valence-corrected chi connectivity index (χ3v) is 7.72. The maximum atomic E-state index is 13.2. The molecule has 5 rings (SSSR count). The zero-order valence-corrected chi connectivity index (χ0v) is 24.9. The normalized spacial score (nSPS) is 13.8. The molecule has 4 aromatic rings. The van der Waals surface area contributed by atoms with Crippen LogP contribution in [-0.2, 0) is 17.8 Å². The molecule has 43 heavy (non-hydrogen) atoms. The van der Waals surface area contributed by atoms with Crippen molar-refractivity contribution in [3.8, 4) is 22.9 Å². The maximum absolute atomic E-state index is 13.2. The first kappa shape index (κ1) is 30.1. The number of aromatic nitrogens is 2. The van der Waals surface area contributed by atoms with Crippen molar-refractivity contribution in [2.75, 3.05) is 39.2 Å². The van der Waals surface area contributed by atoms with Gasteiger partial charge in [-0.2, -0.15) is 4.98 Å². The van der Waals surface area contributed by atoms with Crippen LogP contribution in [0.5, 0.6) is 11.5 Å². The van der Waals surface area contributed by atoms with Gasteiger partial charge in [-0.1, -0.05) is 35.0 Å². The first-order valence-electron chi connectivity index (χ1n) is 14.1. The molecule has 1 aliphatic heterocycles. The third-order valence-electron chi connectivity index (χ3n) is 7.46. The molecule has 224 valence electrons. The number of benzene rings is 3. The molecule has 0 radical (unpaired) electrons. The van der Waals surface area contributed by atoms with Crippen molar-refractivity contribution < 1.29 is 23.6 Å². The van der Waals surface area contributed by atoms with Gasteiger partial charge in [0.15, 0.2) is 11.5 Å². The SMILES string of the molecule is COc1ccc(CCNC(=O)c2ccccc2NC(=O)C2CCN(Cc3nc(-c4ccc(Cl)cc4)no3)CC2)cc1OC. The summed E-state index contributed by atoms with van der Waals surface area (Å²) >= 11 is 5.96. The molecule has 1 aromatic heterocycles. The van der Waals surface area contributed by atoms with Crippen molar-refractivity contribution >= 4 is 29.1 Å². The van der Waals surface area contributed by atoms with Gasteiger partial charge < -0.3 is 24.6 Å². The van der Waals surface area contributed by atoms with Gasteiger partial charge in [-0.05, 0) is 86.4 Å². The summed E-state index contributed by atoms with van der Waals surface area (Å²) in [6.45, 7) is 2.38. The Morgan fingerprint density at radius 2 is 1.74 bits per heavy atom. The number of likely N-dealkylation sites (tertiary alicyclic amines) is 1. The van der Waals surface area contributed by atoms with Crippen LogP contribution < -0.4 is 20.1 Å². The van der Waals surface area contributed by atoms with E-state index in [0.717, 1.165) is 24.2 Å². The molecule has 1 saturated heterocycles. The quantitative estimate of drug-likeness (QED) is 0.239. The number of anilines is 1. The molecule has 0 saturated carbocycles. The number of carbonyl (C=O) groups is 2. The predicted octanol–water partition coefficient (Wildman–Crippen LogP) is 5.23. The van der Waals surface area contributed by atoms with Gasteiger partial charge in [-0.25, -0.2) is 0 Å². The van der Waals surface area contributed by atoms with Crippen molar-refractivity contribution in [2.24, 2.45) is 5.92 Å². The van der Waals surface area contributed by atoms with Gasteiger partial charge in [-0.3, -0.25) is 14.5 Å². The fourth-order valence-corrected chi connectivity index (χ4v) is 5.18. The van der Waals surface area contributed by atoms with E-state index in [1.54, 1.807) is 50.6 Å². The minimum absolute atomic E-state index is 0.0898. The number of methoxy groups -OCH3 is 2. The number of piperidine rings is 1. The molecule has 10 nitrogen and oxygen atoms in total. The highest BCUT2D eigenvalue weighted by atomic mass is 35.5. The average Bonchev–Trinajstić information content (AvgIpc) is 3.50. The van der Waals surface area contributed by atoms with Crippen LogP contribution in [0.3, 0.4) is 0 Å². The van der Waals surface area contributed by atoms with Crippen LogP contribution in [0.15, 0.2) is 71.3 Å². The minimum atomic E-state index is -0.247. The number of hydrogen-bond acceptors (Lipinski definition) is 8. The van der Waals surface area contributed by atoms with Crippen LogP contribution in [0.25, 0.3) is 11.4 Å². The Balaban J connectivity index is 1.10. The molecule has 0 atom stereocenters. The second-order valence-corrected chi connectivity index (χ2v) is 10.7. The largest absolute Gasteiger partial charge is 0.493 e. The Morgan fingerprint density at radius 3 is 2.49 bits per heavy atom. The standard InChI is InChI=1S/C32H34ClN5O5/c1-41-27-12-7-21(19-28(27)42-2)13-16-34-32(40)25-5-3-4-6-26(25)35-31(39)23-14-17-38(18-15-23)20-29-36-30(37-43-29)22-8-10-24(33)11-9-22/h3-12,19,23H,13-18,20H2,1-2H3,(H,34,40)(H,35,39). The fourth-order valence-electron chi connectivity index (χ4n) is 5.06. The second-order valence-electron chi connectivity index (χ2n) is 10.3. The summed E-state index contributed by atoms with van der Waals surface area (Å²) in [5, 5.41) is 10.7. The lowest BCUT2D eigenvalue weighted by Crippen LogP contribution is -2.38. The molecule has 0 unspecified atom stereocenters. The predicted molar refractivity (Wildman–Crippen MR) is 163 cm³/mol. The molecule has 0 bridgehead atoms. The van der Waals surface area contributed by atoms with Gasteiger partial charge in [-0.15, -0.1) is 0 Å². The van der Waals surface area contributed by atoms with Gasteiger partial charge in [0.1, 0.15) is 0 Å². The van der Waals surface area contributed by atoms with E-state index in [0.29, 0.717) is 71.8 Å². The first-order chi connectivity index (χ1) is 20.9. The average molecular weight is 604 g/mol. The number of nitrogens with zero attached hydrogens (tertiary/aromatic N) is 3. The lowest BCUT2D eigenvalue weighted by Gasteiger charge is -2.30. The Morgan fingerprint density at radius 1 is 1.00 bits per heavy atom. The summed E-state index contributed by atoms with van der Waals surface area (Å²) in [7, 11) is 3.18. The number of amides is 2. The first-order valence-corrected chi connectivity index (χ1v) is 14.5. The van der Waals surface area contributed by atoms with Crippen LogP contribution in [0.2, 0.25) is 5.02 Å². The number of halogens is 1. The summed E-state index contributed by atoms with van der Waals surface area (Å²) in [6.07, 6.45) is 1.98. The highest BCUT2D eigenvalue weighted by Gasteiger charge is 2.27. The summed E-state index contributed by atoms with van der Waals surface area (Å²) in [5.41, 5.74) is 2.77. The minimum Gasteiger partial charge on any atom is -0.493 e. The molecule has 0 spiro atoms. The molecular weight excluding hydrogens is 570 g/mol. The number of para-hydroxylation sites is 1. The lowest BCUT2D eigenvalue weighted by atomic mass is 9.95. The van der Waals surface area contributed by atoms with Crippen molar-refractivity contribution in [3.05, 3.63) is 88.8 Å². The topological polar surface area (TPSA) is 119 Å². The van der Waals surface area contributed by atoms with E-state index in [1.807, 2.05) is 30.3 Å². The van der Waals surface area contributed by atoms with E-state index in [2.05, 4.69) is 25.7 Å². The van der Waals surface area contributed by atoms with E-state index in [9.17, 15) is 9.59 Å². The van der Waals surface area contributed by atoms with Crippen LogP contribution in [0.1, 0.15) is 34.7 Å². The third kappa shape index (κ3) is 7.71.